The van der Waals surface area contributed by atoms with E-state index in [0.717, 1.165) is 29.8 Å². The lowest BCUT2D eigenvalue weighted by Crippen LogP contribution is -2.18. The number of hydrogen-bond donors (Lipinski definition) is 2. The van der Waals surface area contributed by atoms with Crippen LogP contribution in [0.25, 0.3) is 27.9 Å². The smallest absolute Gasteiger partial charge is 0.255 e. The number of nitrogens with one attached hydrogen (secondary N) is 2. The zero-order valence-corrected chi connectivity index (χ0v) is 14.7. The van der Waals surface area contributed by atoms with Crippen LogP contribution in [0.3, 0.4) is 0 Å². The second-order valence-corrected chi connectivity index (χ2v) is 6.36. The van der Waals surface area contributed by atoms with E-state index in [2.05, 4.69) is 23.6 Å². The summed E-state index contributed by atoms with van der Waals surface area (Å²) in [6.07, 6.45) is 3.10. The number of rotatable bonds is 2. The Labute approximate surface area is 150 Å². The monoisotopic (exact) mass is 350 g/mol. The first-order valence-corrected chi connectivity index (χ1v) is 8.58. The summed E-state index contributed by atoms with van der Waals surface area (Å²) in [5.74, 6) is -0.475. The van der Waals surface area contributed by atoms with E-state index in [-0.39, 0.29) is 17.2 Å². The highest BCUT2D eigenvalue weighted by Gasteiger charge is 2.25. The Morgan fingerprint density at radius 2 is 2.04 bits per heavy atom. The lowest BCUT2D eigenvalue weighted by atomic mass is 9.99. The standard InChI is InChI=1S/C21H19FN2O2/c1-12-6-5-9-24-17-11-18-15(10-14(12)17)19(21(25)23-2)20(26-18)13-7-3-4-8-16(13)22/h3-4,6-8,10-11,24H,5,9H2,1-2H3,(H,23,25). The van der Waals surface area contributed by atoms with Gasteiger partial charge in [0.25, 0.3) is 5.91 Å². The number of carbonyl (C=O) groups is 1. The number of carbonyl (C=O) groups excluding carboxylic acids is 1. The Bertz CT molecular complexity index is 1050. The second-order valence-electron chi connectivity index (χ2n) is 6.36. The lowest BCUT2D eigenvalue weighted by Gasteiger charge is -2.09. The molecule has 2 aromatic carbocycles. The number of anilines is 1. The molecule has 2 heterocycles. The van der Waals surface area contributed by atoms with Crippen molar-refractivity contribution in [3.8, 4) is 11.3 Å². The molecule has 132 valence electrons. The topological polar surface area (TPSA) is 54.3 Å². The van der Waals surface area contributed by atoms with Crippen LogP contribution in [0.15, 0.2) is 46.9 Å². The maximum absolute atomic E-state index is 14.4. The van der Waals surface area contributed by atoms with Crippen molar-refractivity contribution in [3.63, 3.8) is 0 Å². The Hall–Kier alpha value is -3.08. The minimum atomic E-state index is -0.424. The quantitative estimate of drug-likeness (QED) is 0.697. The fourth-order valence-corrected chi connectivity index (χ4v) is 3.41. The predicted octanol–water partition coefficient (Wildman–Crippen LogP) is 4.82. The van der Waals surface area contributed by atoms with Gasteiger partial charge in [-0.3, -0.25) is 4.79 Å². The number of halogens is 1. The van der Waals surface area contributed by atoms with Crippen molar-refractivity contribution in [2.45, 2.75) is 13.3 Å². The van der Waals surface area contributed by atoms with E-state index < -0.39 is 5.82 Å². The van der Waals surface area contributed by atoms with Crippen molar-refractivity contribution in [1.82, 2.24) is 5.32 Å². The third-order valence-electron chi connectivity index (χ3n) is 4.74. The predicted molar refractivity (Wildman–Crippen MR) is 102 cm³/mol. The Kier molecular flexibility index (Phi) is 3.99. The minimum Gasteiger partial charge on any atom is -0.455 e. The van der Waals surface area contributed by atoms with Gasteiger partial charge in [-0.25, -0.2) is 4.39 Å². The number of hydrogen-bond acceptors (Lipinski definition) is 3. The number of amides is 1. The third-order valence-corrected chi connectivity index (χ3v) is 4.74. The van der Waals surface area contributed by atoms with Crippen molar-refractivity contribution in [1.29, 1.82) is 0 Å². The van der Waals surface area contributed by atoms with Gasteiger partial charge in [0.15, 0.2) is 5.76 Å². The maximum Gasteiger partial charge on any atom is 0.255 e. The molecule has 0 aliphatic carbocycles. The number of benzene rings is 2. The second kappa shape index (κ2) is 6.33. The van der Waals surface area contributed by atoms with Gasteiger partial charge in [0.2, 0.25) is 0 Å². The minimum absolute atomic E-state index is 0.249. The van der Waals surface area contributed by atoms with Gasteiger partial charge in [0, 0.05) is 36.3 Å². The first-order valence-electron chi connectivity index (χ1n) is 8.58. The van der Waals surface area contributed by atoms with Crippen LogP contribution in [0.1, 0.15) is 29.3 Å². The lowest BCUT2D eigenvalue weighted by molar-refractivity contribution is 0.0964. The molecule has 0 fully saturated rings. The number of fused-ring (bicyclic) bond motifs is 2. The summed E-state index contributed by atoms with van der Waals surface area (Å²) in [6, 6.07) is 10.2. The van der Waals surface area contributed by atoms with Gasteiger partial charge >= 0.3 is 0 Å². The zero-order valence-electron chi connectivity index (χ0n) is 14.7. The van der Waals surface area contributed by atoms with Crippen LogP contribution < -0.4 is 10.6 Å². The van der Waals surface area contributed by atoms with Gasteiger partial charge in [-0.1, -0.05) is 18.2 Å². The number of furan rings is 1. The molecular weight excluding hydrogens is 331 g/mol. The van der Waals surface area contributed by atoms with Crippen molar-refractivity contribution in [2.24, 2.45) is 0 Å². The SMILES string of the molecule is CNC(=O)c1c(-c2ccccc2F)oc2cc3c(cc12)C(C)=CCCN3. The van der Waals surface area contributed by atoms with Crippen LogP contribution in [-0.2, 0) is 0 Å². The molecule has 5 heteroatoms. The van der Waals surface area contributed by atoms with Crippen LogP contribution in [-0.4, -0.2) is 19.5 Å². The van der Waals surface area contributed by atoms with E-state index in [4.69, 9.17) is 4.42 Å². The summed E-state index contributed by atoms with van der Waals surface area (Å²) in [6.45, 7) is 2.88. The van der Waals surface area contributed by atoms with E-state index in [9.17, 15) is 9.18 Å². The molecule has 1 aromatic heterocycles. The third kappa shape index (κ3) is 2.56. The van der Waals surface area contributed by atoms with Crippen LogP contribution in [0, 0.1) is 5.82 Å². The van der Waals surface area contributed by atoms with Crippen LogP contribution in [0.4, 0.5) is 10.1 Å². The van der Waals surface area contributed by atoms with Crippen molar-refractivity contribution < 1.29 is 13.6 Å². The molecule has 0 spiro atoms. The maximum atomic E-state index is 14.4. The fourth-order valence-electron chi connectivity index (χ4n) is 3.41. The Balaban J connectivity index is 2.05. The molecule has 0 bridgehead atoms. The van der Waals surface area contributed by atoms with Gasteiger partial charge in [-0.15, -0.1) is 0 Å². The molecule has 3 aromatic rings. The summed E-state index contributed by atoms with van der Waals surface area (Å²) >= 11 is 0. The normalized spacial score (nSPS) is 13.6. The molecule has 2 N–H and O–H groups in total. The largest absolute Gasteiger partial charge is 0.455 e. The highest BCUT2D eigenvalue weighted by molar-refractivity contribution is 6.12. The highest BCUT2D eigenvalue weighted by Crippen LogP contribution is 2.39. The van der Waals surface area contributed by atoms with E-state index in [0.29, 0.717) is 16.5 Å². The van der Waals surface area contributed by atoms with Gasteiger partial charge in [-0.2, -0.15) is 0 Å². The molecule has 0 atom stereocenters. The zero-order chi connectivity index (χ0) is 18.3. The van der Waals surface area contributed by atoms with E-state index in [1.165, 1.54) is 6.07 Å². The molecule has 4 nitrogen and oxygen atoms in total. The van der Waals surface area contributed by atoms with Gasteiger partial charge in [-0.05, 0) is 37.1 Å². The summed E-state index contributed by atoms with van der Waals surface area (Å²) < 4.78 is 20.3. The van der Waals surface area contributed by atoms with Gasteiger partial charge in [0.1, 0.15) is 11.4 Å². The molecule has 1 aliphatic heterocycles. The Morgan fingerprint density at radius 3 is 2.81 bits per heavy atom. The first-order chi connectivity index (χ1) is 12.6. The average Bonchev–Trinajstić information content (AvgIpc) is 2.92. The van der Waals surface area contributed by atoms with Crippen LogP contribution in [0.2, 0.25) is 0 Å². The van der Waals surface area contributed by atoms with E-state index in [1.807, 2.05) is 12.1 Å². The van der Waals surface area contributed by atoms with Crippen molar-refractivity contribution in [2.75, 3.05) is 18.9 Å². The molecule has 0 saturated heterocycles. The van der Waals surface area contributed by atoms with E-state index >= 15 is 0 Å². The molecule has 0 saturated carbocycles. The van der Waals surface area contributed by atoms with E-state index in [1.54, 1.807) is 25.2 Å². The molecule has 0 unspecified atom stereocenters. The Morgan fingerprint density at radius 1 is 1.23 bits per heavy atom. The summed E-state index contributed by atoms with van der Waals surface area (Å²) in [5, 5.41) is 6.70. The van der Waals surface area contributed by atoms with Crippen LogP contribution in [0.5, 0.6) is 0 Å². The molecule has 26 heavy (non-hydrogen) atoms. The van der Waals surface area contributed by atoms with Gasteiger partial charge in [0.05, 0.1) is 11.1 Å². The average molecular weight is 350 g/mol. The molecule has 0 radical (unpaired) electrons. The molecule has 4 rings (SSSR count). The molecule has 1 amide bonds. The van der Waals surface area contributed by atoms with Crippen LogP contribution >= 0.6 is 0 Å². The fraction of sp³-hybridized carbons (Fsp3) is 0.190. The molecule has 1 aliphatic rings. The first kappa shape index (κ1) is 16.4. The van der Waals surface area contributed by atoms with Crippen molar-refractivity contribution >= 4 is 28.1 Å². The molecular formula is C21H19FN2O2. The highest BCUT2D eigenvalue weighted by atomic mass is 19.1. The van der Waals surface area contributed by atoms with Crippen molar-refractivity contribution in [3.05, 3.63) is 59.4 Å². The summed E-state index contributed by atoms with van der Waals surface area (Å²) in [7, 11) is 1.56. The summed E-state index contributed by atoms with van der Waals surface area (Å²) in [5.41, 5.74) is 4.32. The number of allylic oxidation sites excluding steroid dienone is 1. The summed E-state index contributed by atoms with van der Waals surface area (Å²) in [4.78, 5) is 12.6. The van der Waals surface area contributed by atoms with Gasteiger partial charge < -0.3 is 15.1 Å².